The van der Waals surface area contributed by atoms with Crippen LogP contribution in [-0.4, -0.2) is 58.6 Å². The molecular formula is C15H23Cl2F3N2O3. The van der Waals surface area contributed by atoms with Gasteiger partial charge in [0.15, 0.2) is 0 Å². The number of nitrogens with zero attached hydrogens (tertiary/aromatic N) is 1. The van der Waals surface area contributed by atoms with Crippen molar-refractivity contribution >= 4 is 24.8 Å². The van der Waals surface area contributed by atoms with Crippen molar-refractivity contribution in [3.63, 3.8) is 0 Å². The Kier molecular flexibility index (Phi) is 9.71. The Morgan fingerprint density at radius 3 is 1.80 bits per heavy atom. The lowest BCUT2D eigenvalue weighted by molar-refractivity contribution is -0.188. The predicted octanol–water partition coefficient (Wildman–Crippen LogP) is 3.06. The fourth-order valence-electron chi connectivity index (χ4n) is 2.80. The largest absolute Gasteiger partial charge is 0.496 e. The molecule has 1 aliphatic rings. The number of alkyl halides is 3. The van der Waals surface area contributed by atoms with Crippen LogP contribution in [0.3, 0.4) is 0 Å². The summed E-state index contributed by atoms with van der Waals surface area (Å²) >= 11 is 0. The van der Waals surface area contributed by atoms with Gasteiger partial charge in [-0.25, -0.2) is 0 Å². The molecule has 0 aliphatic carbocycles. The minimum absolute atomic E-state index is 0. The lowest BCUT2D eigenvalue weighted by Crippen LogP contribution is -2.49. The van der Waals surface area contributed by atoms with Gasteiger partial charge in [-0.15, -0.1) is 24.8 Å². The molecule has 1 atom stereocenters. The van der Waals surface area contributed by atoms with Crippen LogP contribution in [0.5, 0.6) is 17.2 Å². The molecule has 10 heteroatoms. The Balaban J connectivity index is 0.00000288. The molecule has 1 aromatic carbocycles. The van der Waals surface area contributed by atoms with E-state index in [9.17, 15) is 13.2 Å². The summed E-state index contributed by atoms with van der Waals surface area (Å²) in [6.07, 6.45) is -4.45. The van der Waals surface area contributed by atoms with Gasteiger partial charge in [-0.1, -0.05) is 0 Å². The molecule has 0 bridgehead atoms. The fourth-order valence-corrected chi connectivity index (χ4v) is 2.80. The second-order valence-corrected chi connectivity index (χ2v) is 5.18. The molecule has 1 aromatic rings. The molecule has 1 N–H and O–H groups in total. The highest BCUT2D eigenvalue weighted by Gasteiger charge is 2.48. The van der Waals surface area contributed by atoms with Crippen molar-refractivity contribution in [2.24, 2.45) is 0 Å². The van der Waals surface area contributed by atoms with Gasteiger partial charge < -0.3 is 19.5 Å². The molecule has 5 nitrogen and oxygen atoms in total. The molecule has 0 amide bonds. The Bertz CT molecular complexity index is 516. The monoisotopic (exact) mass is 406 g/mol. The molecule has 1 heterocycles. The molecule has 1 aliphatic heterocycles. The molecule has 2 rings (SSSR count). The van der Waals surface area contributed by atoms with E-state index in [1.165, 1.54) is 38.4 Å². The fraction of sp³-hybridized carbons (Fsp3) is 0.600. The van der Waals surface area contributed by atoms with E-state index < -0.39 is 12.2 Å². The SMILES string of the molecule is COc1cc(OC)c([C@H](N2CCNCC2)C(F)(F)F)c(OC)c1.Cl.Cl. The van der Waals surface area contributed by atoms with Gasteiger partial charge in [-0.05, 0) is 0 Å². The molecule has 1 fully saturated rings. The van der Waals surface area contributed by atoms with Gasteiger partial charge in [0.1, 0.15) is 23.3 Å². The second kappa shape index (κ2) is 10.2. The zero-order valence-corrected chi connectivity index (χ0v) is 15.8. The first-order valence-electron chi connectivity index (χ1n) is 7.23. The summed E-state index contributed by atoms with van der Waals surface area (Å²) in [6, 6.07) is 1.10. The number of benzene rings is 1. The van der Waals surface area contributed by atoms with E-state index in [1.54, 1.807) is 0 Å². The number of hydrogen-bond acceptors (Lipinski definition) is 5. The van der Waals surface area contributed by atoms with Crippen molar-refractivity contribution in [3.8, 4) is 17.2 Å². The van der Waals surface area contributed by atoms with Crippen LogP contribution in [0.15, 0.2) is 12.1 Å². The molecule has 0 radical (unpaired) electrons. The maximum Gasteiger partial charge on any atom is 0.408 e. The molecule has 0 saturated carbocycles. The number of rotatable bonds is 5. The summed E-state index contributed by atoms with van der Waals surface area (Å²) in [5.41, 5.74) is -0.0230. The van der Waals surface area contributed by atoms with Crippen molar-refractivity contribution in [1.82, 2.24) is 10.2 Å². The van der Waals surface area contributed by atoms with Crippen LogP contribution in [0.1, 0.15) is 11.6 Å². The third-order valence-electron chi connectivity index (χ3n) is 3.85. The van der Waals surface area contributed by atoms with Crippen LogP contribution >= 0.6 is 24.8 Å². The molecule has 146 valence electrons. The third-order valence-corrected chi connectivity index (χ3v) is 3.85. The first kappa shape index (κ1) is 23.9. The van der Waals surface area contributed by atoms with Crippen molar-refractivity contribution < 1.29 is 27.4 Å². The summed E-state index contributed by atoms with van der Waals surface area (Å²) in [7, 11) is 4.11. The average Bonchev–Trinajstić information content (AvgIpc) is 2.54. The summed E-state index contributed by atoms with van der Waals surface area (Å²) in [5, 5.41) is 3.06. The summed E-state index contributed by atoms with van der Waals surface area (Å²) in [6.45, 7) is 1.60. The molecular weight excluding hydrogens is 384 g/mol. The van der Waals surface area contributed by atoms with Crippen LogP contribution in [0.4, 0.5) is 13.2 Å². The van der Waals surface area contributed by atoms with Crippen molar-refractivity contribution in [3.05, 3.63) is 17.7 Å². The van der Waals surface area contributed by atoms with Gasteiger partial charge in [0.2, 0.25) is 0 Å². The Morgan fingerprint density at radius 1 is 0.960 bits per heavy atom. The Morgan fingerprint density at radius 2 is 1.44 bits per heavy atom. The van der Waals surface area contributed by atoms with Crippen molar-refractivity contribution in [1.29, 1.82) is 0 Å². The highest BCUT2D eigenvalue weighted by Crippen LogP contribution is 2.47. The van der Waals surface area contributed by atoms with Gasteiger partial charge in [0.05, 0.1) is 26.9 Å². The standard InChI is InChI=1S/C15H21F3N2O3.2ClH/c1-21-10-8-11(22-2)13(12(9-10)23-3)14(15(16,17)18)20-6-4-19-5-7-20;;/h8-9,14,19H,4-7H2,1-3H3;2*1H/t14-;;/m0../s1. The molecule has 1 saturated heterocycles. The van der Waals surface area contributed by atoms with E-state index in [1.807, 2.05) is 0 Å². The van der Waals surface area contributed by atoms with Crippen molar-refractivity contribution in [2.75, 3.05) is 47.5 Å². The maximum atomic E-state index is 13.8. The average molecular weight is 407 g/mol. The topological polar surface area (TPSA) is 43.0 Å². The van der Waals surface area contributed by atoms with Gasteiger partial charge >= 0.3 is 6.18 Å². The highest BCUT2D eigenvalue weighted by atomic mass is 35.5. The van der Waals surface area contributed by atoms with Gasteiger partial charge in [-0.3, -0.25) is 4.90 Å². The van der Waals surface area contributed by atoms with Crippen LogP contribution in [-0.2, 0) is 0 Å². The summed E-state index contributed by atoms with van der Waals surface area (Å²) in [4.78, 5) is 1.39. The zero-order valence-electron chi connectivity index (χ0n) is 14.2. The van der Waals surface area contributed by atoms with Gasteiger partial charge in [-0.2, -0.15) is 13.2 Å². The van der Waals surface area contributed by atoms with Crippen molar-refractivity contribution in [2.45, 2.75) is 12.2 Å². The van der Waals surface area contributed by atoms with E-state index in [-0.39, 0.29) is 41.9 Å². The second-order valence-electron chi connectivity index (χ2n) is 5.18. The molecule has 0 unspecified atom stereocenters. The number of halogens is 5. The molecule has 0 aromatic heterocycles. The van der Waals surface area contributed by atoms with Crippen LogP contribution in [0.2, 0.25) is 0 Å². The number of ether oxygens (including phenoxy) is 3. The van der Waals surface area contributed by atoms with E-state index in [4.69, 9.17) is 14.2 Å². The van der Waals surface area contributed by atoms with Crippen LogP contribution in [0, 0.1) is 0 Å². The summed E-state index contributed by atoms with van der Waals surface area (Å²) in [5.74, 6) is 0.577. The number of nitrogens with one attached hydrogen (secondary N) is 1. The number of hydrogen-bond donors (Lipinski definition) is 1. The predicted molar refractivity (Wildman–Crippen MR) is 93.8 cm³/mol. The third kappa shape index (κ3) is 5.44. The van der Waals surface area contributed by atoms with E-state index in [0.29, 0.717) is 31.9 Å². The highest BCUT2D eigenvalue weighted by molar-refractivity contribution is 5.85. The minimum atomic E-state index is -4.45. The van der Waals surface area contributed by atoms with Gasteiger partial charge in [0, 0.05) is 38.3 Å². The normalized spacial score (nSPS) is 16.2. The molecule has 0 spiro atoms. The smallest absolute Gasteiger partial charge is 0.408 e. The van der Waals surface area contributed by atoms with Crippen LogP contribution in [0.25, 0.3) is 0 Å². The van der Waals surface area contributed by atoms with Crippen LogP contribution < -0.4 is 19.5 Å². The summed E-state index contributed by atoms with van der Waals surface area (Å²) < 4.78 is 56.9. The number of methoxy groups -OCH3 is 3. The maximum absolute atomic E-state index is 13.8. The zero-order chi connectivity index (χ0) is 17.0. The minimum Gasteiger partial charge on any atom is -0.496 e. The Labute approximate surface area is 157 Å². The van der Waals surface area contributed by atoms with Gasteiger partial charge in [0.25, 0.3) is 0 Å². The number of piperazine rings is 1. The first-order chi connectivity index (χ1) is 10.9. The van der Waals surface area contributed by atoms with E-state index >= 15 is 0 Å². The lowest BCUT2D eigenvalue weighted by atomic mass is 10.0. The lowest BCUT2D eigenvalue weighted by Gasteiger charge is -2.37. The first-order valence-corrected chi connectivity index (χ1v) is 7.23. The Hall–Kier alpha value is -1.09. The quantitative estimate of drug-likeness (QED) is 0.813. The van der Waals surface area contributed by atoms with E-state index in [2.05, 4.69) is 5.32 Å². The molecule has 25 heavy (non-hydrogen) atoms. The van der Waals surface area contributed by atoms with E-state index in [0.717, 1.165) is 0 Å².